The summed E-state index contributed by atoms with van der Waals surface area (Å²) in [5.74, 6) is -1.63. The third-order valence-electron chi connectivity index (χ3n) is 2.86. The highest BCUT2D eigenvalue weighted by molar-refractivity contribution is 8.01. The first-order chi connectivity index (χ1) is 10.2. The van der Waals surface area contributed by atoms with Gasteiger partial charge < -0.3 is 15.7 Å². The highest BCUT2D eigenvalue weighted by Crippen LogP contribution is 2.14. The quantitative estimate of drug-likeness (QED) is 0.710. The van der Waals surface area contributed by atoms with Crippen molar-refractivity contribution in [1.82, 2.24) is 5.32 Å². The van der Waals surface area contributed by atoms with Crippen molar-refractivity contribution in [3.8, 4) is 0 Å². The maximum absolute atomic E-state index is 11.9. The lowest BCUT2D eigenvalue weighted by Crippen LogP contribution is -2.51. The molecule has 120 valence electrons. The molecule has 3 N–H and O–H groups in total. The molecular weight excluding hydrogens is 304 g/mol. The summed E-state index contributed by atoms with van der Waals surface area (Å²) < 4.78 is 0. The lowest BCUT2D eigenvalue weighted by Gasteiger charge is -2.23. The molecule has 0 aromatic heterocycles. The fourth-order valence-corrected chi connectivity index (χ4v) is 2.14. The van der Waals surface area contributed by atoms with Crippen LogP contribution in [0.15, 0.2) is 30.3 Å². The van der Waals surface area contributed by atoms with Crippen LogP contribution in [0.4, 0.5) is 5.69 Å². The van der Waals surface area contributed by atoms with E-state index in [4.69, 9.17) is 5.11 Å². The lowest BCUT2D eigenvalue weighted by molar-refractivity contribution is -0.145. The van der Waals surface area contributed by atoms with Gasteiger partial charge in [-0.05, 0) is 32.9 Å². The Morgan fingerprint density at radius 3 is 2.36 bits per heavy atom. The molecule has 2 amide bonds. The fraction of sp³-hybridized carbons (Fsp3) is 0.400. The van der Waals surface area contributed by atoms with Crippen molar-refractivity contribution in [3.05, 3.63) is 30.3 Å². The van der Waals surface area contributed by atoms with Gasteiger partial charge in [0.05, 0.1) is 11.0 Å². The molecule has 0 spiro atoms. The SMILES string of the molecule is CC(SCC(=O)Nc1ccccc1)C(=O)NC(C)(C)C(=O)O. The smallest absolute Gasteiger partial charge is 0.328 e. The molecule has 0 saturated heterocycles. The molecule has 1 unspecified atom stereocenters. The van der Waals surface area contributed by atoms with Crippen molar-refractivity contribution in [3.63, 3.8) is 0 Å². The molecule has 0 bridgehead atoms. The van der Waals surface area contributed by atoms with Crippen molar-refractivity contribution >= 4 is 35.2 Å². The molecule has 0 saturated carbocycles. The summed E-state index contributed by atoms with van der Waals surface area (Å²) in [6.45, 7) is 4.45. The van der Waals surface area contributed by atoms with E-state index in [-0.39, 0.29) is 11.7 Å². The van der Waals surface area contributed by atoms with E-state index in [1.807, 2.05) is 18.2 Å². The number of anilines is 1. The normalized spacial score (nSPS) is 12.3. The van der Waals surface area contributed by atoms with E-state index < -0.39 is 22.7 Å². The average molecular weight is 324 g/mol. The van der Waals surface area contributed by atoms with Gasteiger partial charge in [-0.15, -0.1) is 11.8 Å². The number of aliphatic carboxylic acids is 1. The van der Waals surface area contributed by atoms with Gasteiger partial charge in [-0.25, -0.2) is 4.79 Å². The zero-order chi connectivity index (χ0) is 16.8. The summed E-state index contributed by atoms with van der Waals surface area (Å²) in [7, 11) is 0. The molecule has 1 atom stereocenters. The average Bonchev–Trinajstić information content (AvgIpc) is 2.45. The Balaban J connectivity index is 2.42. The second-order valence-corrected chi connectivity index (χ2v) is 6.62. The first-order valence-electron chi connectivity index (χ1n) is 6.74. The van der Waals surface area contributed by atoms with Gasteiger partial charge in [0.1, 0.15) is 5.54 Å². The third kappa shape index (κ3) is 5.77. The van der Waals surface area contributed by atoms with Crippen LogP contribution in [-0.4, -0.2) is 39.4 Å². The molecule has 7 heteroatoms. The highest BCUT2D eigenvalue weighted by atomic mass is 32.2. The number of hydrogen-bond donors (Lipinski definition) is 3. The number of carboxylic acids is 1. The fourth-order valence-electron chi connectivity index (χ4n) is 1.46. The van der Waals surface area contributed by atoms with Crippen LogP contribution in [0.3, 0.4) is 0 Å². The molecule has 0 aliphatic rings. The Kier molecular flexibility index (Phi) is 6.42. The number of rotatable bonds is 7. The molecule has 0 fully saturated rings. The molecule has 22 heavy (non-hydrogen) atoms. The van der Waals surface area contributed by atoms with E-state index in [0.29, 0.717) is 5.69 Å². The van der Waals surface area contributed by atoms with Gasteiger partial charge in [0, 0.05) is 5.69 Å². The number of carbonyl (C=O) groups is 3. The maximum Gasteiger partial charge on any atom is 0.328 e. The number of nitrogens with one attached hydrogen (secondary N) is 2. The van der Waals surface area contributed by atoms with E-state index in [2.05, 4.69) is 10.6 Å². The van der Waals surface area contributed by atoms with E-state index in [9.17, 15) is 14.4 Å². The first kappa shape index (κ1) is 18.0. The Hall–Kier alpha value is -2.02. The number of carboxylic acid groups (broad SMARTS) is 1. The maximum atomic E-state index is 11.9. The zero-order valence-electron chi connectivity index (χ0n) is 12.8. The molecule has 1 rings (SSSR count). The molecule has 6 nitrogen and oxygen atoms in total. The second kappa shape index (κ2) is 7.84. The minimum absolute atomic E-state index is 0.108. The van der Waals surface area contributed by atoms with Crippen LogP contribution in [0.2, 0.25) is 0 Å². The summed E-state index contributed by atoms with van der Waals surface area (Å²) >= 11 is 1.15. The molecule has 1 aromatic carbocycles. The van der Waals surface area contributed by atoms with E-state index in [1.165, 1.54) is 13.8 Å². The predicted octanol–water partition coefficient (Wildman–Crippen LogP) is 1.73. The van der Waals surface area contributed by atoms with Crippen molar-refractivity contribution in [1.29, 1.82) is 0 Å². The number of hydrogen-bond acceptors (Lipinski definition) is 4. The Labute approximate surface area is 133 Å². The van der Waals surface area contributed by atoms with Gasteiger partial charge in [0.2, 0.25) is 11.8 Å². The summed E-state index contributed by atoms with van der Waals surface area (Å²) in [6.07, 6.45) is 0. The number of para-hydroxylation sites is 1. The Morgan fingerprint density at radius 2 is 1.82 bits per heavy atom. The predicted molar refractivity (Wildman–Crippen MR) is 86.8 cm³/mol. The van der Waals surface area contributed by atoms with Gasteiger partial charge in [0.25, 0.3) is 0 Å². The van der Waals surface area contributed by atoms with Crippen LogP contribution < -0.4 is 10.6 Å². The van der Waals surface area contributed by atoms with Crippen LogP contribution >= 0.6 is 11.8 Å². The summed E-state index contributed by atoms with van der Waals surface area (Å²) in [4.78, 5) is 34.6. The monoisotopic (exact) mass is 324 g/mol. The third-order valence-corrected chi connectivity index (χ3v) is 4.00. The van der Waals surface area contributed by atoms with Gasteiger partial charge in [-0.1, -0.05) is 18.2 Å². The second-order valence-electron chi connectivity index (χ2n) is 5.29. The van der Waals surface area contributed by atoms with E-state index in [0.717, 1.165) is 11.8 Å². The van der Waals surface area contributed by atoms with Crippen molar-refractivity contribution in [2.24, 2.45) is 0 Å². The van der Waals surface area contributed by atoms with Crippen LogP contribution in [0.1, 0.15) is 20.8 Å². The first-order valence-corrected chi connectivity index (χ1v) is 7.79. The minimum atomic E-state index is -1.34. The molecule has 1 aromatic rings. The highest BCUT2D eigenvalue weighted by Gasteiger charge is 2.30. The van der Waals surface area contributed by atoms with Crippen LogP contribution in [-0.2, 0) is 14.4 Å². The van der Waals surface area contributed by atoms with Gasteiger partial charge >= 0.3 is 5.97 Å². The number of thioether (sulfide) groups is 1. The molecule has 0 aliphatic carbocycles. The van der Waals surface area contributed by atoms with E-state index in [1.54, 1.807) is 19.1 Å². The largest absolute Gasteiger partial charge is 0.480 e. The molecule has 0 heterocycles. The number of amides is 2. The van der Waals surface area contributed by atoms with Gasteiger partial charge in [0.15, 0.2) is 0 Å². The summed E-state index contributed by atoms with van der Waals surface area (Å²) in [6, 6.07) is 9.02. The Morgan fingerprint density at radius 1 is 1.23 bits per heavy atom. The molecular formula is C15H20N2O4S. The van der Waals surface area contributed by atoms with Crippen LogP contribution in [0.25, 0.3) is 0 Å². The van der Waals surface area contributed by atoms with Crippen molar-refractivity contribution in [2.45, 2.75) is 31.6 Å². The summed E-state index contributed by atoms with van der Waals surface area (Å²) in [5, 5.41) is 13.6. The van der Waals surface area contributed by atoms with Crippen LogP contribution in [0.5, 0.6) is 0 Å². The van der Waals surface area contributed by atoms with Gasteiger partial charge in [-0.2, -0.15) is 0 Å². The number of benzene rings is 1. The Bertz CT molecular complexity index is 546. The summed E-state index contributed by atoms with van der Waals surface area (Å²) in [5.41, 5.74) is -0.643. The molecule has 0 radical (unpaired) electrons. The minimum Gasteiger partial charge on any atom is -0.480 e. The topological polar surface area (TPSA) is 95.5 Å². The van der Waals surface area contributed by atoms with Crippen molar-refractivity contribution in [2.75, 3.05) is 11.1 Å². The lowest BCUT2D eigenvalue weighted by atomic mass is 10.1. The number of carbonyl (C=O) groups excluding carboxylic acids is 2. The van der Waals surface area contributed by atoms with Crippen molar-refractivity contribution < 1.29 is 19.5 Å². The standard InChI is InChI=1S/C15H20N2O4S/c1-10(13(19)17-15(2,3)14(20)21)22-9-12(18)16-11-7-5-4-6-8-11/h4-8,10H,9H2,1-3H3,(H,16,18)(H,17,19)(H,20,21). The molecule has 0 aliphatic heterocycles. The van der Waals surface area contributed by atoms with Crippen LogP contribution in [0, 0.1) is 0 Å². The zero-order valence-corrected chi connectivity index (χ0v) is 13.6. The van der Waals surface area contributed by atoms with E-state index >= 15 is 0 Å². The van der Waals surface area contributed by atoms with Gasteiger partial charge in [-0.3, -0.25) is 9.59 Å².